The molecule has 2 rings (SSSR count). The fourth-order valence-corrected chi connectivity index (χ4v) is 2.31. The van der Waals surface area contributed by atoms with E-state index in [0.29, 0.717) is 19.5 Å². The molecule has 1 aromatic carbocycles. The molecule has 0 aromatic heterocycles. The Hall–Kier alpha value is -2.04. The van der Waals surface area contributed by atoms with Crippen LogP contribution in [0.15, 0.2) is 30.3 Å². The van der Waals surface area contributed by atoms with Crippen molar-refractivity contribution in [1.82, 2.24) is 10.2 Å². The van der Waals surface area contributed by atoms with Crippen LogP contribution >= 0.6 is 0 Å². The summed E-state index contributed by atoms with van der Waals surface area (Å²) in [4.78, 5) is 24.6. The van der Waals surface area contributed by atoms with Gasteiger partial charge in [-0.2, -0.15) is 0 Å². The van der Waals surface area contributed by atoms with E-state index in [4.69, 9.17) is 5.11 Å². The summed E-state index contributed by atoms with van der Waals surface area (Å²) < 4.78 is 0. The third kappa shape index (κ3) is 3.47. The van der Waals surface area contributed by atoms with Crippen LogP contribution in [0.3, 0.4) is 0 Å². The Kier molecular flexibility index (Phi) is 4.39. The fourth-order valence-electron chi connectivity index (χ4n) is 2.31. The van der Waals surface area contributed by atoms with Crippen LogP contribution in [0.25, 0.3) is 0 Å². The molecule has 1 atom stereocenters. The number of carboxylic acids is 1. The maximum absolute atomic E-state index is 12.0. The van der Waals surface area contributed by atoms with E-state index in [1.807, 2.05) is 30.3 Å². The Balaban J connectivity index is 1.93. The van der Waals surface area contributed by atoms with E-state index in [0.717, 1.165) is 18.4 Å². The van der Waals surface area contributed by atoms with Gasteiger partial charge in [-0.25, -0.2) is 9.59 Å². The molecular formula is C14H18N2O3. The van der Waals surface area contributed by atoms with Crippen molar-refractivity contribution in [2.24, 2.45) is 0 Å². The van der Waals surface area contributed by atoms with Gasteiger partial charge in [-0.15, -0.1) is 0 Å². The second-order valence-electron chi connectivity index (χ2n) is 4.69. The first-order chi connectivity index (χ1) is 9.18. The smallest absolute Gasteiger partial charge is 0.326 e. The number of nitrogens with one attached hydrogen (secondary N) is 1. The van der Waals surface area contributed by atoms with Crippen LogP contribution in [0.5, 0.6) is 0 Å². The quantitative estimate of drug-likeness (QED) is 0.873. The molecule has 1 aliphatic heterocycles. The van der Waals surface area contributed by atoms with Crippen molar-refractivity contribution in [3.8, 4) is 0 Å². The van der Waals surface area contributed by atoms with Gasteiger partial charge in [-0.3, -0.25) is 0 Å². The molecule has 5 heteroatoms. The maximum atomic E-state index is 12.0. The van der Waals surface area contributed by atoms with Crippen molar-refractivity contribution >= 4 is 12.0 Å². The van der Waals surface area contributed by atoms with E-state index in [-0.39, 0.29) is 6.03 Å². The highest BCUT2D eigenvalue weighted by Crippen LogP contribution is 2.17. The van der Waals surface area contributed by atoms with Crippen LogP contribution in [-0.4, -0.2) is 34.6 Å². The molecule has 1 aliphatic rings. The lowest BCUT2D eigenvalue weighted by Gasteiger charge is -2.32. The molecule has 1 aromatic rings. The lowest BCUT2D eigenvalue weighted by Crippen LogP contribution is -2.51. The highest BCUT2D eigenvalue weighted by atomic mass is 16.4. The number of urea groups is 1. The molecular weight excluding hydrogens is 244 g/mol. The van der Waals surface area contributed by atoms with Crippen LogP contribution < -0.4 is 5.32 Å². The summed E-state index contributed by atoms with van der Waals surface area (Å²) in [5.74, 6) is -0.922. The van der Waals surface area contributed by atoms with Gasteiger partial charge < -0.3 is 15.3 Å². The number of hydrogen-bond acceptors (Lipinski definition) is 2. The molecule has 0 radical (unpaired) electrons. The first kappa shape index (κ1) is 13.4. The minimum absolute atomic E-state index is 0.295. The normalized spacial score (nSPS) is 18.9. The van der Waals surface area contributed by atoms with Crippen molar-refractivity contribution in [3.05, 3.63) is 35.9 Å². The van der Waals surface area contributed by atoms with E-state index < -0.39 is 12.0 Å². The van der Waals surface area contributed by atoms with Crippen molar-refractivity contribution < 1.29 is 14.7 Å². The zero-order valence-corrected chi connectivity index (χ0v) is 10.7. The van der Waals surface area contributed by atoms with Crippen LogP contribution in [-0.2, 0) is 11.3 Å². The summed E-state index contributed by atoms with van der Waals surface area (Å²) in [7, 11) is 0. The molecule has 0 spiro atoms. The molecule has 2 amide bonds. The van der Waals surface area contributed by atoms with E-state index in [1.165, 1.54) is 4.90 Å². The van der Waals surface area contributed by atoms with Crippen LogP contribution in [0.4, 0.5) is 4.79 Å². The monoisotopic (exact) mass is 262 g/mol. The number of carbonyl (C=O) groups is 2. The number of carboxylic acid groups (broad SMARTS) is 1. The molecule has 0 bridgehead atoms. The number of nitrogens with zero attached hydrogens (tertiary/aromatic N) is 1. The summed E-state index contributed by atoms with van der Waals surface area (Å²) in [5.41, 5.74) is 1.000. The fraction of sp³-hybridized carbons (Fsp3) is 0.429. The number of aliphatic carboxylic acids is 1. The molecule has 1 heterocycles. The van der Waals surface area contributed by atoms with Crippen molar-refractivity contribution in [2.45, 2.75) is 31.8 Å². The van der Waals surface area contributed by atoms with Crippen molar-refractivity contribution in [3.63, 3.8) is 0 Å². The number of carbonyl (C=O) groups excluding carboxylic acids is 1. The van der Waals surface area contributed by atoms with Crippen molar-refractivity contribution in [1.29, 1.82) is 0 Å². The number of amides is 2. The highest BCUT2D eigenvalue weighted by molar-refractivity contribution is 5.82. The van der Waals surface area contributed by atoms with E-state index in [2.05, 4.69) is 5.32 Å². The molecule has 1 saturated heterocycles. The van der Waals surface area contributed by atoms with E-state index >= 15 is 0 Å². The summed E-state index contributed by atoms with van der Waals surface area (Å²) in [6, 6.07) is 8.58. The first-order valence-electron chi connectivity index (χ1n) is 6.49. The third-order valence-electron chi connectivity index (χ3n) is 3.34. The molecule has 5 nitrogen and oxygen atoms in total. The molecule has 0 saturated carbocycles. The van der Waals surface area contributed by atoms with Gasteiger partial charge in [0.15, 0.2) is 0 Å². The zero-order chi connectivity index (χ0) is 13.7. The van der Waals surface area contributed by atoms with Gasteiger partial charge in [-0.1, -0.05) is 30.3 Å². The van der Waals surface area contributed by atoms with Crippen molar-refractivity contribution in [2.75, 3.05) is 6.54 Å². The average Bonchev–Trinajstić information content (AvgIpc) is 2.46. The number of hydrogen-bond donors (Lipinski definition) is 2. The Labute approximate surface area is 112 Å². The Bertz CT molecular complexity index is 447. The predicted octanol–water partition coefficient (Wildman–Crippen LogP) is 1.84. The lowest BCUT2D eigenvalue weighted by molar-refractivity contribution is -0.143. The highest BCUT2D eigenvalue weighted by Gasteiger charge is 2.31. The largest absolute Gasteiger partial charge is 0.480 e. The Morgan fingerprint density at radius 2 is 2.00 bits per heavy atom. The van der Waals surface area contributed by atoms with Gasteiger partial charge in [0, 0.05) is 13.1 Å². The summed E-state index contributed by atoms with van der Waals surface area (Å²) in [6.45, 7) is 0.931. The number of likely N-dealkylation sites (tertiary alicyclic amines) is 1. The lowest BCUT2D eigenvalue weighted by atomic mass is 10.0. The van der Waals surface area contributed by atoms with Crippen LogP contribution in [0, 0.1) is 0 Å². The van der Waals surface area contributed by atoms with E-state index in [9.17, 15) is 9.59 Å². The molecule has 2 N–H and O–H groups in total. The van der Waals surface area contributed by atoms with Crippen LogP contribution in [0.2, 0.25) is 0 Å². The SMILES string of the molecule is O=C(O)[C@@H]1CCCCN1C(=O)NCc1ccccc1. The minimum Gasteiger partial charge on any atom is -0.480 e. The average molecular weight is 262 g/mol. The summed E-state index contributed by atoms with van der Waals surface area (Å²) >= 11 is 0. The predicted molar refractivity (Wildman–Crippen MR) is 70.7 cm³/mol. The molecule has 1 fully saturated rings. The second kappa shape index (κ2) is 6.22. The number of piperidine rings is 1. The molecule has 0 unspecified atom stereocenters. The summed E-state index contributed by atoms with van der Waals surface area (Å²) in [5, 5.41) is 11.9. The Morgan fingerprint density at radius 3 is 2.68 bits per heavy atom. The maximum Gasteiger partial charge on any atom is 0.326 e. The Morgan fingerprint density at radius 1 is 1.26 bits per heavy atom. The van der Waals surface area contributed by atoms with Gasteiger partial charge >= 0.3 is 12.0 Å². The number of rotatable bonds is 3. The minimum atomic E-state index is -0.922. The van der Waals surface area contributed by atoms with Gasteiger partial charge in [0.05, 0.1) is 0 Å². The summed E-state index contributed by atoms with van der Waals surface area (Å²) in [6.07, 6.45) is 2.26. The first-order valence-corrected chi connectivity index (χ1v) is 6.49. The molecule has 0 aliphatic carbocycles. The van der Waals surface area contributed by atoms with Gasteiger partial charge in [-0.05, 0) is 24.8 Å². The van der Waals surface area contributed by atoms with E-state index in [1.54, 1.807) is 0 Å². The zero-order valence-electron chi connectivity index (χ0n) is 10.7. The molecule has 102 valence electrons. The standard InChI is InChI=1S/C14H18N2O3/c17-13(18)12-8-4-5-9-16(12)14(19)15-10-11-6-2-1-3-7-11/h1-3,6-7,12H,4-5,8-10H2,(H,15,19)(H,17,18)/t12-/m0/s1. The third-order valence-corrected chi connectivity index (χ3v) is 3.34. The van der Waals surface area contributed by atoms with Gasteiger partial charge in [0.1, 0.15) is 6.04 Å². The van der Waals surface area contributed by atoms with Gasteiger partial charge in [0.2, 0.25) is 0 Å². The van der Waals surface area contributed by atoms with Crippen LogP contribution in [0.1, 0.15) is 24.8 Å². The second-order valence-corrected chi connectivity index (χ2v) is 4.69. The van der Waals surface area contributed by atoms with Gasteiger partial charge in [0.25, 0.3) is 0 Å². The topological polar surface area (TPSA) is 69.6 Å². The molecule has 19 heavy (non-hydrogen) atoms. The number of benzene rings is 1.